The summed E-state index contributed by atoms with van der Waals surface area (Å²) >= 11 is 0. The van der Waals surface area contributed by atoms with Gasteiger partial charge in [-0.05, 0) is 31.1 Å². The monoisotopic (exact) mass is 177 g/mol. The van der Waals surface area contributed by atoms with Gasteiger partial charge in [-0.2, -0.15) is 5.10 Å². The summed E-state index contributed by atoms with van der Waals surface area (Å²) in [6.07, 6.45) is 5.65. The van der Waals surface area contributed by atoms with Gasteiger partial charge in [0.25, 0.3) is 0 Å². The zero-order chi connectivity index (χ0) is 8.84. The number of anilines is 1. The molecular formula is C10H15N3. The second kappa shape index (κ2) is 2.50. The number of nitrogens with one attached hydrogen (secondary N) is 1. The molecule has 70 valence electrons. The fourth-order valence-electron chi connectivity index (χ4n) is 3.17. The van der Waals surface area contributed by atoms with Gasteiger partial charge >= 0.3 is 0 Å². The van der Waals surface area contributed by atoms with Crippen molar-refractivity contribution in [3.05, 3.63) is 11.8 Å². The molecule has 1 heterocycles. The summed E-state index contributed by atoms with van der Waals surface area (Å²) in [6, 6.07) is 2.01. The molecule has 2 saturated carbocycles. The van der Waals surface area contributed by atoms with E-state index in [0.717, 1.165) is 17.8 Å². The molecule has 3 heteroatoms. The first kappa shape index (κ1) is 7.42. The number of hydrogen-bond acceptors (Lipinski definition) is 2. The molecule has 0 aromatic carbocycles. The Morgan fingerprint density at radius 3 is 2.85 bits per heavy atom. The second-order valence-corrected chi connectivity index (χ2v) is 4.53. The predicted molar refractivity (Wildman–Crippen MR) is 51.2 cm³/mol. The molecule has 2 bridgehead atoms. The van der Waals surface area contributed by atoms with Gasteiger partial charge in [-0.15, -0.1) is 0 Å². The number of aromatic nitrogens is 2. The van der Waals surface area contributed by atoms with E-state index in [9.17, 15) is 0 Å². The van der Waals surface area contributed by atoms with E-state index in [4.69, 9.17) is 5.73 Å². The van der Waals surface area contributed by atoms with Crippen LogP contribution in [-0.2, 0) is 0 Å². The molecule has 2 aliphatic rings. The van der Waals surface area contributed by atoms with E-state index >= 15 is 0 Å². The molecule has 1 aromatic rings. The van der Waals surface area contributed by atoms with Crippen LogP contribution in [0.3, 0.4) is 0 Å². The van der Waals surface area contributed by atoms with Crippen molar-refractivity contribution in [2.75, 3.05) is 5.73 Å². The Morgan fingerprint density at radius 1 is 1.38 bits per heavy atom. The third kappa shape index (κ3) is 1.06. The van der Waals surface area contributed by atoms with Gasteiger partial charge in [-0.25, -0.2) is 0 Å². The SMILES string of the molecule is Nc1cc([C@H]2C[C@@H]3CC[C@@H]2C3)[nH]n1. The van der Waals surface area contributed by atoms with Gasteiger partial charge in [0.2, 0.25) is 0 Å². The molecule has 3 atom stereocenters. The Hall–Kier alpha value is -0.990. The fourth-order valence-corrected chi connectivity index (χ4v) is 3.17. The van der Waals surface area contributed by atoms with E-state index in [1.807, 2.05) is 6.07 Å². The van der Waals surface area contributed by atoms with Crippen LogP contribution in [0.1, 0.15) is 37.3 Å². The van der Waals surface area contributed by atoms with Crippen LogP contribution < -0.4 is 5.73 Å². The smallest absolute Gasteiger partial charge is 0.145 e. The first-order chi connectivity index (χ1) is 6.33. The first-order valence-electron chi connectivity index (χ1n) is 5.13. The van der Waals surface area contributed by atoms with Crippen LogP contribution in [0.4, 0.5) is 5.82 Å². The van der Waals surface area contributed by atoms with Gasteiger partial charge in [-0.3, -0.25) is 5.10 Å². The van der Waals surface area contributed by atoms with Gasteiger partial charge in [0.15, 0.2) is 0 Å². The van der Waals surface area contributed by atoms with Crippen molar-refractivity contribution in [2.45, 2.75) is 31.6 Å². The number of nitrogens with two attached hydrogens (primary N) is 1. The Balaban J connectivity index is 1.87. The number of aromatic amines is 1. The Bertz CT molecular complexity index is 318. The van der Waals surface area contributed by atoms with Crippen molar-refractivity contribution in [2.24, 2.45) is 11.8 Å². The molecule has 0 saturated heterocycles. The summed E-state index contributed by atoms with van der Waals surface area (Å²) in [6.45, 7) is 0. The van der Waals surface area contributed by atoms with Crippen LogP contribution in [0.15, 0.2) is 6.07 Å². The topological polar surface area (TPSA) is 54.7 Å². The standard InChI is InChI=1S/C10H15N3/c11-10-5-9(12-13-10)8-4-6-1-2-7(8)3-6/h5-8H,1-4H2,(H3,11,12,13)/t6-,7-,8+/m1/s1. The molecule has 0 radical (unpaired) electrons. The van der Waals surface area contributed by atoms with Gasteiger partial charge in [0, 0.05) is 17.7 Å². The van der Waals surface area contributed by atoms with E-state index in [2.05, 4.69) is 10.2 Å². The summed E-state index contributed by atoms with van der Waals surface area (Å²) in [5.74, 6) is 3.26. The average Bonchev–Trinajstić information content (AvgIpc) is 2.77. The molecule has 1 aromatic heterocycles. The quantitative estimate of drug-likeness (QED) is 0.688. The zero-order valence-electron chi connectivity index (χ0n) is 7.66. The molecule has 3 N–H and O–H groups in total. The highest BCUT2D eigenvalue weighted by atomic mass is 15.2. The van der Waals surface area contributed by atoms with Crippen molar-refractivity contribution in [3.8, 4) is 0 Å². The number of H-pyrrole nitrogens is 1. The van der Waals surface area contributed by atoms with Gasteiger partial charge in [-0.1, -0.05) is 6.42 Å². The van der Waals surface area contributed by atoms with Crippen LogP contribution >= 0.6 is 0 Å². The van der Waals surface area contributed by atoms with Crippen LogP contribution in [0, 0.1) is 11.8 Å². The van der Waals surface area contributed by atoms with Gasteiger partial charge < -0.3 is 5.73 Å². The Kier molecular flexibility index (Phi) is 1.43. The van der Waals surface area contributed by atoms with Crippen molar-refractivity contribution in [3.63, 3.8) is 0 Å². The molecule has 3 nitrogen and oxygen atoms in total. The van der Waals surface area contributed by atoms with E-state index in [-0.39, 0.29) is 0 Å². The number of nitrogen functional groups attached to an aromatic ring is 1. The van der Waals surface area contributed by atoms with E-state index < -0.39 is 0 Å². The van der Waals surface area contributed by atoms with Crippen LogP contribution in [0.25, 0.3) is 0 Å². The molecule has 13 heavy (non-hydrogen) atoms. The summed E-state index contributed by atoms with van der Waals surface area (Å²) in [4.78, 5) is 0. The highest BCUT2D eigenvalue weighted by Crippen LogP contribution is 2.52. The minimum atomic E-state index is 0.637. The molecule has 0 unspecified atom stereocenters. The molecule has 2 aliphatic carbocycles. The molecule has 0 amide bonds. The Labute approximate surface area is 77.7 Å². The summed E-state index contributed by atoms with van der Waals surface area (Å²) in [7, 11) is 0. The average molecular weight is 177 g/mol. The number of nitrogens with zero attached hydrogens (tertiary/aromatic N) is 1. The van der Waals surface area contributed by atoms with E-state index in [1.165, 1.54) is 31.4 Å². The van der Waals surface area contributed by atoms with E-state index in [1.54, 1.807) is 0 Å². The summed E-state index contributed by atoms with van der Waals surface area (Å²) in [5.41, 5.74) is 6.87. The fraction of sp³-hybridized carbons (Fsp3) is 0.700. The lowest BCUT2D eigenvalue weighted by Crippen LogP contribution is -2.08. The number of fused-ring (bicyclic) bond motifs is 2. The third-order valence-electron chi connectivity index (χ3n) is 3.76. The van der Waals surface area contributed by atoms with Crippen LogP contribution in [0.2, 0.25) is 0 Å². The molecule has 0 spiro atoms. The number of hydrogen-bond donors (Lipinski definition) is 2. The van der Waals surface area contributed by atoms with Crippen molar-refractivity contribution < 1.29 is 0 Å². The normalized spacial score (nSPS) is 37.1. The lowest BCUT2D eigenvalue weighted by Gasteiger charge is -2.19. The zero-order valence-corrected chi connectivity index (χ0v) is 7.66. The van der Waals surface area contributed by atoms with Gasteiger partial charge in [0.05, 0.1) is 0 Å². The molecular weight excluding hydrogens is 162 g/mol. The molecule has 3 rings (SSSR count). The molecule has 2 fully saturated rings. The lowest BCUT2D eigenvalue weighted by molar-refractivity contribution is 0.413. The summed E-state index contributed by atoms with van der Waals surface area (Å²) in [5, 5.41) is 7.05. The van der Waals surface area contributed by atoms with Crippen LogP contribution in [-0.4, -0.2) is 10.2 Å². The van der Waals surface area contributed by atoms with Crippen LogP contribution in [0.5, 0.6) is 0 Å². The summed E-state index contributed by atoms with van der Waals surface area (Å²) < 4.78 is 0. The number of rotatable bonds is 1. The third-order valence-corrected chi connectivity index (χ3v) is 3.76. The Morgan fingerprint density at radius 2 is 2.31 bits per heavy atom. The predicted octanol–water partition coefficient (Wildman–Crippen LogP) is 1.90. The van der Waals surface area contributed by atoms with Crippen molar-refractivity contribution in [1.82, 2.24) is 10.2 Å². The lowest BCUT2D eigenvalue weighted by atomic mass is 9.86. The highest BCUT2D eigenvalue weighted by molar-refractivity contribution is 5.31. The maximum absolute atomic E-state index is 5.60. The highest BCUT2D eigenvalue weighted by Gasteiger charge is 2.40. The molecule has 0 aliphatic heterocycles. The minimum Gasteiger partial charge on any atom is -0.382 e. The van der Waals surface area contributed by atoms with Crippen molar-refractivity contribution >= 4 is 5.82 Å². The van der Waals surface area contributed by atoms with E-state index in [0.29, 0.717) is 5.82 Å². The minimum absolute atomic E-state index is 0.637. The maximum atomic E-state index is 5.60. The largest absolute Gasteiger partial charge is 0.382 e. The first-order valence-corrected chi connectivity index (χ1v) is 5.13. The van der Waals surface area contributed by atoms with Gasteiger partial charge in [0.1, 0.15) is 5.82 Å². The van der Waals surface area contributed by atoms with Crippen molar-refractivity contribution in [1.29, 1.82) is 0 Å². The maximum Gasteiger partial charge on any atom is 0.145 e. The second-order valence-electron chi connectivity index (χ2n) is 4.53.